The van der Waals surface area contributed by atoms with Crippen LogP contribution >= 0.6 is 34.4 Å². The zero-order valence-corrected chi connectivity index (χ0v) is 17.7. The first-order valence-corrected chi connectivity index (χ1v) is 11.5. The number of thiazole rings is 1. The molecule has 28 heavy (non-hydrogen) atoms. The molecule has 0 fully saturated rings. The molecule has 0 bridgehead atoms. The fraction of sp³-hybridized carbons (Fsp3) is 0.250. The van der Waals surface area contributed by atoms with Crippen LogP contribution in [0.25, 0.3) is 10.6 Å². The van der Waals surface area contributed by atoms with E-state index in [1.165, 1.54) is 16.6 Å². The lowest BCUT2D eigenvalue weighted by atomic mass is 10.2. The Kier molecular flexibility index (Phi) is 5.79. The Balaban J connectivity index is 1.26. The molecule has 8 heteroatoms. The van der Waals surface area contributed by atoms with Gasteiger partial charge in [0, 0.05) is 28.1 Å². The van der Waals surface area contributed by atoms with Crippen LogP contribution in [0.2, 0.25) is 0 Å². The first-order chi connectivity index (χ1) is 13.6. The molecule has 2 amide bonds. The van der Waals surface area contributed by atoms with E-state index in [1.807, 2.05) is 31.2 Å². The monoisotopic (exact) mass is 429 g/mol. The predicted molar refractivity (Wildman–Crippen MR) is 116 cm³/mol. The molecular weight excluding hydrogens is 410 g/mol. The molecule has 1 aromatic carbocycles. The lowest BCUT2D eigenvalue weighted by Crippen LogP contribution is -2.35. The van der Waals surface area contributed by atoms with Gasteiger partial charge < -0.3 is 10.6 Å². The number of rotatable bonds is 6. The van der Waals surface area contributed by atoms with Crippen molar-refractivity contribution in [3.63, 3.8) is 0 Å². The SMILES string of the molecule is Cc1nc(-c2ccc(CCNC(=O)C[C@H]3Sc4ccccc4NC3=O)s2)cs1. The minimum absolute atomic E-state index is 0.0982. The maximum Gasteiger partial charge on any atom is 0.238 e. The molecule has 144 valence electrons. The van der Waals surface area contributed by atoms with Gasteiger partial charge in [-0.3, -0.25) is 9.59 Å². The second-order valence-electron chi connectivity index (χ2n) is 6.41. The highest BCUT2D eigenvalue weighted by Crippen LogP contribution is 2.36. The van der Waals surface area contributed by atoms with E-state index in [9.17, 15) is 9.59 Å². The lowest BCUT2D eigenvalue weighted by Gasteiger charge is -2.23. The average Bonchev–Trinajstić information content (AvgIpc) is 3.31. The Morgan fingerprint density at radius 2 is 2.11 bits per heavy atom. The highest BCUT2D eigenvalue weighted by atomic mass is 32.2. The normalized spacial score (nSPS) is 15.8. The van der Waals surface area contributed by atoms with Crippen molar-refractivity contribution < 1.29 is 9.59 Å². The number of benzene rings is 1. The molecule has 0 radical (unpaired) electrons. The van der Waals surface area contributed by atoms with Crippen LogP contribution in [0, 0.1) is 6.92 Å². The van der Waals surface area contributed by atoms with E-state index in [0.29, 0.717) is 6.54 Å². The molecule has 0 unspecified atom stereocenters. The van der Waals surface area contributed by atoms with Crippen LogP contribution in [-0.4, -0.2) is 28.6 Å². The van der Waals surface area contributed by atoms with Gasteiger partial charge in [-0.25, -0.2) is 4.98 Å². The Morgan fingerprint density at radius 1 is 1.25 bits per heavy atom. The molecule has 4 rings (SSSR count). The van der Waals surface area contributed by atoms with E-state index in [1.54, 1.807) is 22.7 Å². The van der Waals surface area contributed by atoms with Crippen LogP contribution in [0.3, 0.4) is 0 Å². The number of fused-ring (bicyclic) bond motifs is 1. The molecule has 0 aliphatic carbocycles. The van der Waals surface area contributed by atoms with Gasteiger partial charge in [0.05, 0.1) is 26.5 Å². The van der Waals surface area contributed by atoms with Gasteiger partial charge in [-0.15, -0.1) is 34.4 Å². The van der Waals surface area contributed by atoms with Crippen LogP contribution < -0.4 is 10.6 Å². The molecule has 3 aromatic rings. The molecule has 3 heterocycles. The van der Waals surface area contributed by atoms with Gasteiger partial charge >= 0.3 is 0 Å². The summed E-state index contributed by atoms with van der Waals surface area (Å²) in [5.74, 6) is -0.209. The summed E-state index contributed by atoms with van der Waals surface area (Å²) in [4.78, 5) is 32.4. The minimum atomic E-state index is -0.392. The first-order valence-electron chi connectivity index (χ1n) is 8.93. The standard InChI is InChI=1S/C20H19N3O2S3/c1-12-22-15(11-26-12)17-7-6-13(27-17)8-9-21-19(24)10-18-20(25)23-14-4-2-3-5-16(14)28-18/h2-7,11,18H,8-10H2,1H3,(H,21,24)(H,23,25)/t18-/m1/s1. The average molecular weight is 430 g/mol. The summed E-state index contributed by atoms with van der Waals surface area (Å²) in [6.45, 7) is 2.56. The van der Waals surface area contributed by atoms with Gasteiger partial charge in [-0.05, 0) is 37.6 Å². The Hall–Kier alpha value is -2.16. The number of carbonyl (C=O) groups is 2. The number of amides is 2. The van der Waals surface area contributed by atoms with E-state index in [0.717, 1.165) is 32.6 Å². The van der Waals surface area contributed by atoms with Crippen LogP contribution in [0.5, 0.6) is 0 Å². The number of hydrogen-bond donors (Lipinski definition) is 2. The van der Waals surface area contributed by atoms with Crippen molar-refractivity contribution in [3.05, 3.63) is 51.7 Å². The van der Waals surface area contributed by atoms with Gasteiger partial charge in [0.1, 0.15) is 0 Å². The highest BCUT2D eigenvalue weighted by Gasteiger charge is 2.28. The number of carbonyl (C=O) groups excluding carboxylic acids is 2. The number of para-hydroxylation sites is 1. The fourth-order valence-electron chi connectivity index (χ4n) is 2.92. The zero-order chi connectivity index (χ0) is 19.5. The zero-order valence-electron chi connectivity index (χ0n) is 15.2. The van der Waals surface area contributed by atoms with Crippen molar-refractivity contribution in [1.29, 1.82) is 0 Å². The van der Waals surface area contributed by atoms with Crippen molar-refractivity contribution in [2.75, 3.05) is 11.9 Å². The van der Waals surface area contributed by atoms with Crippen LogP contribution in [0.15, 0.2) is 46.7 Å². The molecule has 0 saturated carbocycles. The number of hydrogen-bond acceptors (Lipinski definition) is 6. The molecule has 0 saturated heterocycles. The molecule has 2 N–H and O–H groups in total. The number of aryl methyl sites for hydroxylation is 1. The second kappa shape index (κ2) is 8.46. The number of anilines is 1. The molecule has 1 atom stereocenters. The van der Waals surface area contributed by atoms with E-state index in [4.69, 9.17) is 0 Å². The smallest absolute Gasteiger partial charge is 0.238 e. The maximum absolute atomic E-state index is 12.3. The third kappa shape index (κ3) is 4.45. The highest BCUT2D eigenvalue weighted by molar-refractivity contribution is 8.01. The first kappa shape index (κ1) is 19.2. The van der Waals surface area contributed by atoms with Crippen LogP contribution in [-0.2, 0) is 16.0 Å². The van der Waals surface area contributed by atoms with Crippen molar-refractivity contribution >= 4 is 51.9 Å². The maximum atomic E-state index is 12.3. The summed E-state index contributed by atoms with van der Waals surface area (Å²) in [7, 11) is 0. The quantitative estimate of drug-likeness (QED) is 0.611. The molecule has 5 nitrogen and oxygen atoms in total. The van der Waals surface area contributed by atoms with Crippen molar-refractivity contribution in [3.8, 4) is 10.6 Å². The van der Waals surface area contributed by atoms with Gasteiger partial charge in [-0.2, -0.15) is 0 Å². The molecule has 1 aliphatic rings. The van der Waals surface area contributed by atoms with E-state index >= 15 is 0 Å². The molecule has 2 aromatic heterocycles. The Bertz CT molecular complexity index is 1010. The number of nitrogens with one attached hydrogen (secondary N) is 2. The minimum Gasteiger partial charge on any atom is -0.356 e. The van der Waals surface area contributed by atoms with E-state index in [2.05, 4.69) is 33.1 Å². The summed E-state index contributed by atoms with van der Waals surface area (Å²) in [5, 5.41) is 8.55. The Labute approximate surface area is 175 Å². The van der Waals surface area contributed by atoms with Crippen molar-refractivity contribution in [2.24, 2.45) is 0 Å². The third-order valence-electron chi connectivity index (χ3n) is 4.30. The number of nitrogens with zero attached hydrogens (tertiary/aromatic N) is 1. The summed E-state index contributed by atoms with van der Waals surface area (Å²) in [6.07, 6.45) is 0.949. The summed E-state index contributed by atoms with van der Waals surface area (Å²) in [5.41, 5.74) is 1.83. The lowest BCUT2D eigenvalue weighted by molar-refractivity contribution is -0.124. The van der Waals surface area contributed by atoms with Crippen molar-refractivity contribution in [2.45, 2.75) is 29.9 Å². The van der Waals surface area contributed by atoms with Gasteiger partial charge in [0.25, 0.3) is 0 Å². The largest absolute Gasteiger partial charge is 0.356 e. The van der Waals surface area contributed by atoms with E-state index in [-0.39, 0.29) is 18.2 Å². The Morgan fingerprint density at radius 3 is 2.93 bits per heavy atom. The number of thiophene rings is 1. The van der Waals surface area contributed by atoms with Gasteiger partial charge in [-0.1, -0.05) is 12.1 Å². The molecule has 1 aliphatic heterocycles. The number of aromatic nitrogens is 1. The molecular formula is C20H19N3O2S3. The van der Waals surface area contributed by atoms with Gasteiger partial charge in [0.15, 0.2) is 0 Å². The summed E-state index contributed by atoms with van der Waals surface area (Å²) >= 11 is 4.80. The van der Waals surface area contributed by atoms with Crippen LogP contribution in [0.4, 0.5) is 5.69 Å². The van der Waals surface area contributed by atoms with Crippen molar-refractivity contribution in [1.82, 2.24) is 10.3 Å². The second-order valence-corrected chi connectivity index (χ2v) is 9.89. The topological polar surface area (TPSA) is 71.1 Å². The third-order valence-corrected chi connectivity index (χ3v) is 7.52. The predicted octanol–water partition coefficient (Wildman–Crippen LogP) is 4.34. The van der Waals surface area contributed by atoms with E-state index < -0.39 is 5.25 Å². The van der Waals surface area contributed by atoms with Crippen LogP contribution in [0.1, 0.15) is 16.3 Å². The summed E-state index contributed by atoms with van der Waals surface area (Å²) in [6, 6.07) is 11.8. The van der Waals surface area contributed by atoms with Gasteiger partial charge in [0.2, 0.25) is 11.8 Å². The fourth-order valence-corrected chi connectivity index (χ4v) is 5.69. The summed E-state index contributed by atoms with van der Waals surface area (Å²) < 4.78 is 0. The molecule has 0 spiro atoms. The number of thioether (sulfide) groups is 1.